The first-order chi connectivity index (χ1) is 11.5. The van der Waals surface area contributed by atoms with E-state index >= 15 is 0 Å². The van der Waals surface area contributed by atoms with E-state index in [1.54, 1.807) is 30.3 Å². The monoisotopic (exact) mass is 357 g/mol. The zero-order chi connectivity index (χ0) is 17.3. The van der Waals surface area contributed by atoms with E-state index in [0.717, 1.165) is 0 Å². The highest BCUT2D eigenvalue weighted by atomic mass is 35.5. The molecular weight excluding hydrogens is 345 g/mol. The van der Waals surface area contributed by atoms with Crippen LogP contribution in [0.4, 0.5) is 5.95 Å². The molecule has 0 bridgehead atoms. The predicted molar refractivity (Wildman–Crippen MR) is 97.3 cm³/mol. The Hall–Kier alpha value is -2.43. The number of nitrogens with two attached hydrogens (primary N) is 1. The number of carbonyl (C=O) groups excluding carboxylic acids is 1. The van der Waals surface area contributed by atoms with Crippen LogP contribution in [0.2, 0.25) is 10.0 Å². The molecule has 0 aliphatic rings. The number of halogens is 2. The lowest BCUT2D eigenvalue weighted by Gasteiger charge is -2.10. The van der Waals surface area contributed by atoms with Gasteiger partial charge in [-0.05, 0) is 31.2 Å². The number of carbonyl (C=O) groups is 1. The molecule has 0 saturated carbocycles. The van der Waals surface area contributed by atoms with Crippen molar-refractivity contribution in [1.29, 1.82) is 0 Å². The Morgan fingerprint density at radius 1 is 0.958 bits per heavy atom. The maximum atomic E-state index is 11.9. The summed E-state index contributed by atoms with van der Waals surface area (Å²) in [6.45, 7) is 1.51. The van der Waals surface area contributed by atoms with E-state index in [1.165, 1.54) is 6.92 Å². The minimum atomic E-state index is -0.0474. The van der Waals surface area contributed by atoms with Gasteiger partial charge in [0.2, 0.25) is 5.95 Å². The Labute approximate surface area is 149 Å². The van der Waals surface area contributed by atoms with Crippen molar-refractivity contribution in [3.63, 3.8) is 0 Å². The van der Waals surface area contributed by atoms with E-state index in [1.807, 2.05) is 18.2 Å². The first-order valence-corrected chi connectivity index (χ1v) is 7.91. The van der Waals surface area contributed by atoms with Gasteiger partial charge in [-0.1, -0.05) is 47.5 Å². The molecule has 0 unspecified atom stereocenters. The normalized spacial score (nSPS) is 10.6. The Morgan fingerprint density at radius 3 is 2.29 bits per heavy atom. The standard InChI is InChI=1S/C18H13Cl2N3O/c1-10(24)12-4-2-3-5-13(12)16-9-17(23-18(21)22-16)14-7-6-11(19)8-15(14)20/h2-9H,1H3,(H2,21,22,23). The number of anilines is 1. The van der Waals surface area contributed by atoms with Crippen LogP contribution in [0.3, 0.4) is 0 Å². The molecule has 0 aliphatic heterocycles. The summed E-state index contributed by atoms with van der Waals surface area (Å²) in [5.41, 5.74) is 8.96. The van der Waals surface area contributed by atoms with E-state index in [4.69, 9.17) is 28.9 Å². The minimum Gasteiger partial charge on any atom is -0.368 e. The minimum absolute atomic E-state index is 0.0474. The van der Waals surface area contributed by atoms with Crippen molar-refractivity contribution in [2.24, 2.45) is 0 Å². The first kappa shape index (κ1) is 16.4. The zero-order valence-corrected chi connectivity index (χ0v) is 14.3. The van der Waals surface area contributed by atoms with Gasteiger partial charge in [0.05, 0.1) is 16.4 Å². The summed E-state index contributed by atoms with van der Waals surface area (Å²) in [6.07, 6.45) is 0. The lowest BCUT2D eigenvalue weighted by Crippen LogP contribution is -2.02. The van der Waals surface area contributed by atoms with Gasteiger partial charge in [-0.25, -0.2) is 9.97 Å². The van der Waals surface area contributed by atoms with Gasteiger partial charge in [-0.3, -0.25) is 4.79 Å². The van der Waals surface area contributed by atoms with Crippen LogP contribution in [-0.4, -0.2) is 15.8 Å². The molecule has 0 saturated heterocycles. The summed E-state index contributed by atoms with van der Waals surface area (Å²) >= 11 is 12.2. The summed E-state index contributed by atoms with van der Waals surface area (Å²) in [5, 5.41) is 0.999. The third-order valence-electron chi connectivity index (χ3n) is 3.53. The predicted octanol–water partition coefficient (Wildman–Crippen LogP) is 4.90. The number of ketones is 1. The number of nitrogens with zero attached hydrogens (tertiary/aromatic N) is 2. The van der Waals surface area contributed by atoms with Crippen molar-refractivity contribution in [3.8, 4) is 22.5 Å². The number of aromatic nitrogens is 2. The highest BCUT2D eigenvalue weighted by Crippen LogP contribution is 2.32. The highest BCUT2D eigenvalue weighted by molar-refractivity contribution is 6.36. The van der Waals surface area contributed by atoms with Gasteiger partial charge in [0.15, 0.2) is 5.78 Å². The van der Waals surface area contributed by atoms with Gasteiger partial charge in [-0.15, -0.1) is 0 Å². The van der Waals surface area contributed by atoms with Crippen LogP contribution in [-0.2, 0) is 0 Å². The molecule has 3 aromatic rings. The quantitative estimate of drug-likeness (QED) is 0.676. The summed E-state index contributed by atoms with van der Waals surface area (Å²) in [7, 11) is 0. The van der Waals surface area contributed by atoms with Crippen LogP contribution in [0, 0.1) is 0 Å². The average Bonchev–Trinajstić information content (AvgIpc) is 2.54. The van der Waals surface area contributed by atoms with Crippen LogP contribution >= 0.6 is 23.2 Å². The Kier molecular flexibility index (Phi) is 4.51. The molecule has 0 atom stereocenters. The zero-order valence-electron chi connectivity index (χ0n) is 12.8. The molecule has 120 valence electrons. The Balaban J connectivity index is 2.19. The maximum absolute atomic E-state index is 11.9. The van der Waals surface area contributed by atoms with Gasteiger partial charge in [0, 0.05) is 21.7 Å². The van der Waals surface area contributed by atoms with Crippen molar-refractivity contribution in [1.82, 2.24) is 9.97 Å². The molecule has 6 heteroatoms. The van der Waals surface area contributed by atoms with E-state index in [0.29, 0.717) is 38.1 Å². The van der Waals surface area contributed by atoms with Gasteiger partial charge in [0.1, 0.15) is 0 Å². The fraction of sp³-hybridized carbons (Fsp3) is 0.0556. The third kappa shape index (κ3) is 3.25. The van der Waals surface area contributed by atoms with E-state index in [-0.39, 0.29) is 11.7 Å². The molecule has 2 aromatic carbocycles. The van der Waals surface area contributed by atoms with Crippen molar-refractivity contribution in [2.45, 2.75) is 6.92 Å². The molecule has 0 fully saturated rings. The summed E-state index contributed by atoms with van der Waals surface area (Å²) in [6, 6.07) is 14.1. The number of rotatable bonds is 3. The second-order valence-corrected chi connectivity index (χ2v) is 6.07. The van der Waals surface area contributed by atoms with Crippen molar-refractivity contribution >= 4 is 34.9 Å². The summed E-state index contributed by atoms with van der Waals surface area (Å²) in [5.74, 6) is 0.0562. The lowest BCUT2D eigenvalue weighted by atomic mass is 10.0. The van der Waals surface area contributed by atoms with Gasteiger partial charge in [0.25, 0.3) is 0 Å². The van der Waals surface area contributed by atoms with Crippen LogP contribution in [0.1, 0.15) is 17.3 Å². The number of hydrogen-bond donors (Lipinski definition) is 1. The Morgan fingerprint density at radius 2 is 1.62 bits per heavy atom. The fourth-order valence-electron chi connectivity index (χ4n) is 2.45. The van der Waals surface area contributed by atoms with E-state index in [2.05, 4.69) is 9.97 Å². The molecule has 1 heterocycles. The maximum Gasteiger partial charge on any atom is 0.221 e. The molecule has 1 aromatic heterocycles. The van der Waals surface area contributed by atoms with Gasteiger partial charge < -0.3 is 5.73 Å². The smallest absolute Gasteiger partial charge is 0.221 e. The SMILES string of the molecule is CC(=O)c1ccccc1-c1cc(-c2ccc(Cl)cc2Cl)nc(N)n1. The number of nitrogen functional groups attached to an aromatic ring is 1. The number of benzene rings is 2. The molecule has 0 amide bonds. The van der Waals surface area contributed by atoms with E-state index in [9.17, 15) is 4.79 Å². The van der Waals surface area contributed by atoms with Crippen LogP contribution in [0.5, 0.6) is 0 Å². The molecule has 0 aliphatic carbocycles. The molecule has 4 nitrogen and oxygen atoms in total. The molecule has 0 radical (unpaired) electrons. The summed E-state index contributed by atoms with van der Waals surface area (Å²) < 4.78 is 0. The second kappa shape index (κ2) is 6.59. The number of Topliss-reactive ketones (excluding diaryl/α,β-unsaturated/α-hetero) is 1. The first-order valence-electron chi connectivity index (χ1n) is 7.16. The second-order valence-electron chi connectivity index (χ2n) is 5.22. The fourth-order valence-corrected chi connectivity index (χ4v) is 2.96. The number of hydrogen-bond acceptors (Lipinski definition) is 4. The van der Waals surface area contributed by atoms with Crippen LogP contribution in [0.15, 0.2) is 48.5 Å². The van der Waals surface area contributed by atoms with Gasteiger partial charge >= 0.3 is 0 Å². The molecule has 2 N–H and O–H groups in total. The van der Waals surface area contributed by atoms with E-state index < -0.39 is 0 Å². The largest absolute Gasteiger partial charge is 0.368 e. The molecule has 0 spiro atoms. The lowest BCUT2D eigenvalue weighted by molar-refractivity contribution is 0.101. The van der Waals surface area contributed by atoms with Crippen molar-refractivity contribution < 1.29 is 4.79 Å². The topological polar surface area (TPSA) is 68.9 Å². The van der Waals surface area contributed by atoms with Crippen molar-refractivity contribution in [3.05, 3.63) is 64.1 Å². The average molecular weight is 358 g/mol. The molecular formula is C18H13Cl2N3O. The highest BCUT2D eigenvalue weighted by Gasteiger charge is 2.14. The van der Waals surface area contributed by atoms with Crippen LogP contribution < -0.4 is 5.73 Å². The van der Waals surface area contributed by atoms with Crippen LogP contribution in [0.25, 0.3) is 22.5 Å². The van der Waals surface area contributed by atoms with Crippen molar-refractivity contribution in [2.75, 3.05) is 5.73 Å². The molecule has 24 heavy (non-hydrogen) atoms. The third-order valence-corrected chi connectivity index (χ3v) is 4.08. The molecule has 3 rings (SSSR count). The Bertz CT molecular complexity index is 941. The van der Waals surface area contributed by atoms with Gasteiger partial charge in [-0.2, -0.15) is 0 Å². The summed E-state index contributed by atoms with van der Waals surface area (Å²) in [4.78, 5) is 20.4.